The van der Waals surface area contributed by atoms with Crippen molar-refractivity contribution in [2.45, 2.75) is 24.7 Å². The third-order valence-corrected chi connectivity index (χ3v) is 5.16. The van der Waals surface area contributed by atoms with Crippen LogP contribution in [0, 0.1) is 0 Å². The maximum absolute atomic E-state index is 13.1. The van der Waals surface area contributed by atoms with Crippen molar-refractivity contribution in [2.24, 2.45) is 5.73 Å². The number of benzene rings is 3. The summed E-state index contributed by atoms with van der Waals surface area (Å²) >= 11 is 6.16. The van der Waals surface area contributed by atoms with Gasteiger partial charge < -0.3 is 11.1 Å². The first-order chi connectivity index (χ1) is 14.1. The highest BCUT2D eigenvalue weighted by Crippen LogP contribution is 2.40. The molecule has 0 heterocycles. The van der Waals surface area contributed by atoms with Crippen LogP contribution >= 0.6 is 11.6 Å². The predicted octanol–water partition coefficient (Wildman–Crippen LogP) is 5.44. The Balaban J connectivity index is 2.23. The predicted molar refractivity (Wildman–Crippen MR) is 111 cm³/mol. The molecule has 0 aromatic heterocycles. The number of hydrogen-bond donors (Lipinski definition) is 2. The molecule has 1 amide bonds. The molecule has 3 N–H and O–H groups in total. The summed E-state index contributed by atoms with van der Waals surface area (Å²) in [5.41, 5.74) is 6.47. The van der Waals surface area contributed by atoms with Gasteiger partial charge in [-0.3, -0.25) is 4.79 Å². The molecule has 2 unspecified atom stereocenters. The lowest BCUT2D eigenvalue weighted by Crippen LogP contribution is -2.50. The van der Waals surface area contributed by atoms with Gasteiger partial charge in [0, 0.05) is 11.9 Å². The zero-order valence-electron chi connectivity index (χ0n) is 16.1. The highest BCUT2D eigenvalue weighted by molar-refractivity contribution is 6.30. The second-order valence-corrected chi connectivity index (χ2v) is 7.44. The number of halogens is 4. The molecule has 30 heavy (non-hydrogen) atoms. The van der Waals surface area contributed by atoms with Gasteiger partial charge >= 0.3 is 6.18 Å². The average molecular weight is 433 g/mol. The molecule has 0 saturated carbocycles. The smallest absolute Gasteiger partial charge is 0.347 e. The number of rotatable bonds is 5. The Morgan fingerprint density at radius 3 is 2.00 bits per heavy atom. The summed E-state index contributed by atoms with van der Waals surface area (Å²) in [6.07, 6.45) is -4.47. The Morgan fingerprint density at radius 1 is 0.900 bits per heavy atom. The Morgan fingerprint density at radius 2 is 1.47 bits per heavy atom. The van der Waals surface area contributed by atoms with Crippen LogP contribution in [0.4, 0.5) is 13.2 Å². The molecule has 7 heteroatoms. The Hall–Kier alpha value is -2.83. The summed E-state index contributed by atoms with van der Waals surface area (Å²) in [6, 6.07) is 19.7. The third kappa shape index (κ3) is 4.50. The summed E-state index contributed by atoms with van der Waals surface area (Å²) in [5, 5.41) is 3.31. The SMILES string of the molecule is CC(=O)NC(c1cccc(Cl)c1)C(N)(c1ccccc1)c1ccc(C(F)(F)F)cc1. The van der Waals surface area contributed by atoms with Crippen molar-refractivity contribution >= 4 is 17.5 Å². The largest absolute Gasteiger partial charge is 0.416 e. The zero-order valence-corrected chi connectivity index (χ0v) is 16.8. The molecule has 3 aromatic rings. The third-order valence-electron chi connectivity index (χ3n) is 4.93. The van der Waals surface area contributed by atoms with Crippen LogP contribution in [-0.4, -0.2) is 5.91 Å². The average Bonchev–Trinajstić information content (AvgIpc) is 2.71. The lowest BCUT2D eigenvalue weighted by Gasteiger charge is -2.39. The number of carbonyl (C=O) groups excluding carboxylic acids is 1. The first-order valence-corrected chi connectivity index (χ1v) is 9.55. The van der Waals surface area contributed by atoms with E-state index in [0.717, 1.165) is 12.1 Å². The summed E-state index contributed by atoms with van der Waals surface area (Å²) in [7, 11) is 0. The molecule has 0 fully saturated rings. The minimum absolute atomic E-state index is 0.336. The molecular weight excluding hydrogens is 413 g/mol. The van der Waals surface area contributed by atoms with Crippen LogP contribution in [0.3, 0.4) is 0 Å². The normalized spacial score (nSPS) is 14.6. The molecule has 0 aliphatic rings. The summed E-state index contributed by atoms with van der Waals surface area (Å²) < 4.78 is 39.2. The van der Waals surface area contributed by atoms with Gasteiger partial charge in [0.1, 0.15) is 0 Å². The molecule has 2 atom stereocenters. The molecule has 0 radical (unpaired) electrons. The van der Waals surface area contributed by atoms with Gasteiger partial charge in [0.05, 0.1) is 17.1 Å². The highest BCUT2D eigenvalue weighted by atomic mass is 35.5. The van der Waals surface area contributed by atoms with Crippen LogP contribution in [0.25, 0.3) is 0 Å². The van der Waals surface area contributed by atoms with Gasteiger partial charge in [0.15, 0.2) is 0 Å². The lowest BCUT2D eigenvalue weighted by molar-refractivity contribution is -0.137. The second-order valence-electron chi connectivity index (χ2n) is 7.00. The van der Waals surface area contributed by atoms with Crippen molar-refractivity contribution in [3.63, 3.8) is 0 Å². The molecule has 3 rings (SSSR count). The molecule has 0 aliphatic heterocycles. The van der Waals surface area contributed by atoms with Crippen molar-refractivity contribution in [3.8, 4) is 0 Å². The molecular formula is C23H20ClF3N2O. The van der Waals surface area contributed by atoms with Gasteiger partial charge in [-0.25, -0.2) is 0 Å². The van der Waals surface area contributed by atoms with Crippen molar-refractivity contribution in [3.05, 3.63) is 106 Å². The second kappa shape index (κ2) is 8.50. The van der Waals surface area contributed by atoms with Crippen molar-refractivity contribution < 1.29 is 18.0 Å². The topological polar surface area (TPSA) is 55.1 Å². The number of alkyl halides is 3. The van der Waals surface area contributed by atoms with Gasteiger partial charge in [-0.05, 0) is 41.0 Å². The van der Waals surface area contributed by atoms with Gasteiger partial charge in [-0.2, -0.15) is 13.2 Å². The van der Waals surface area contributed by atoms with Crippen LogP contribution in [0.2, 0.25) is 5.02 Å². The van der Waals surface area contributed by atoms with Crippen LogP contribution in [0.15, 0.2) is 78.9 Å². The van der Waals surface area contributed by atoms with Crippen LogP contribution in [0.1, 0.15) is 35.2 Å². The van der Waals surface area contributed by atoms with Crippen molar-refractivity contribution in [1.29, 1.82) is 0 Å². The molecule has 156 valence electrons. The van der Waals surface area contributed by atoms with E-state index in [1.54, 1.807) is 48.5 Å². The van der Waals surface area contributed by atoms with E-state index in [2.05, 4.69) is 5.32 Å². The molecule has 0 saturated heterocycles. The first-order valence-electron chi connectivity index (χ1n) is 9.17. The van der Waals surface area contributed by atoms with Gasteiger partial charge in [-0.15, -0.1) is 0 Å². The minimum Gasteiger partial charge on any atom is -0.347 e. The summed E-state index contributed by atoms with van der Waals surface area (Å²) in [5.74, 6) is -0.336. The van der Waals surface area contributed by atoms with E-state index in [0.29, 0.717) is 21.7 Å². The van der Waals surface area contributed by atoms with E-state index in [1.165, 1.54) is 19.1 Å². The van der Waals surface area contributed by atoms with Gasteiger partial charge in [-0.1, -0.05) is 66.2 Å². The zero-order chi connectivity index (χ0) is 21.9. The number of hydrogen-bond acceptors (Lipinski definition) is 2. The quantitative estimate of drug-likeness (QED) is 0.564. The highest BCUT2D eigenvalue weighted by Gasteiger charge is 2.41. The molecule has 0 bridgehead atoms. The minimum atomic E-state index is -4.47. The van der Waals surface area contributed by atoms with E-state index >= 15 is 0 Å². The van der Waals surface area contributed by atoms with Gasteiger partial charge in [0.2, 0.25) is 5.91 Å². The number of amides is 1. The Kier molecular flexibility index (Phi) is 6.19. The van der Waals surface area contributed by atoms with E-state index in [-0.39, 0.29) is 5.91 Å². The molecule has 3 aromatic carbocycles. The van der Waals surface area contributed by atoms with Crippen molar-refractivity contribution in [1.82, 2.24) is 5.32 Å². The fourth-order valence-electron chi connectivity index (χ4n) is 3.50. The molecule has 0 spiro atoms. The fraction of sp³-hybridized carbons (Fsp3) is 0.174. The first kappa shape index (κ1) is 21.9. The van der Waals surface area contributed by atoms with Gasteiger partial charge in [0.25, 0.3) is 0 Å². The van der Waals surface area contributed by atoms with E-state index in [9.17, 15) is 18.0 Å². The summed E-state index contributed by atoms with van der Waals surface area (Å²) in [6.45, 7) is 1.36. The summed E-state index contributed by atoms with van der Waals surface area (Å²) in [4.78, 5) is 12.1. The maximum Gasteiger partial charge on any atom is 0.416 e. The van der Waals surface area contributed by atoms with Crippen LogP contribution in [0.5, 0.6) is 0 Å². The fourth-order valence-corrected chi connectivity index (χ4v) is 3.70. The van der Waals surface area contributed by atoms with Crippen molar-refractivity contribution in [2.75, 3.05) is 0 Å². The number of nitrogens with one attached hydrogen (secondary N) is 1. The van der Waals surface area contributed by atoms with E-state index < -0.39 is 23.3 Å². The van der Waals surface area contributed by atoms with Crippen LogP contribution in [-0.2, 0) is 16.5 Å². The van der Waals surface area contributed by atoms with E-state index in [1.807, 2.05) is 6.07 Å². The van der Waals surface area contributed by atoms with Crippen LogP contribution < -0.4 is 11.1 Å². The standard InChI is InChI=1S/C23H20ClF3N2O/c1-15(30)29-21(16-6-5-9-20(24)14-16)22(28,17-7-3-2-4-8-17)18-10-12-19(13-11-18)23(25,26)27/h2-14,21H,28H2,1H3,(H,29,30). The Labute approximate surface area is 177 Å². The lowest BCUT2D eigenvalue weighted by atomic mass is 9.74. The van der Waals surface area contributed by atoms with E-state index in [4.69, 9.17) is 17.3 Å². The molecule has 3 nitrogen and oxygen atoms in total. The Bertz CT molecular complexity index is 1020. The monoisotopic (exact) mass is 432 g/mol. The maximum atomic E-state index is 13.1. The number of carbonyl (C=O) groups is 1. The molecule has 0 aliphatic carbocycles. The number of nitrogens with two attached hydrogens (primary N) is 1.